The molecule has 0 unspecified atom stereocenters. The Morgan fingerprint density at radius 3 is 2.10 bits per heavy atom. The van der Waals surface area contributed by atoms with Crippen molar-refractivity contribution in [2.75, 3.05) is 26.6 Å². The van der Waals surface area contributed by atoms with Crippen molar-refractivity contribution in [3.63, 3.8) is 0 Å². The Labute approximate surface area is 299 Å². The fourth-order valence-electron chi connectivity index (χ4n) is 6.40. The maximum Gasteiger partial charge on any atom is 0.414 e. The van der Waals surface area contributed by atoms with E-state index in [0.717, 1.165) is 22.3 Å². The van der Waals surface area contributed by atoms with Crippen LogP contribution >= 0.6 is 0 Å². The molecule has 1 aliphatic heterocycles. The molecule has 13 nitrogen and oxygen atoms in total. The SMILES string of the molecule is COc1ccc(C(OC[C@H]2O[C@@H](n3cnc4c(OC(=O)NCc5ccccc5)nc(N)nc43)C[C@@H]2O)(c2ccccc2)c2ccc(OC)cc2)cc1. The van der Waals surface area contributed by atoms with Crippen molar-refractivity contribution < 1.29 is 33.6 Å². The summed E-state index contributed by atoms with van der Waals surface area (Å²) in [5.74, 6) is 1.19. The first-order valence-electron chi connectivity index (χ1n) is 16.7. The van der Waals surface area contributed by atoms with Crippen LogP contribution in [0.1, 0.15) is 34.9 Å². The normalized spacial score (nSPS) is 17.2. The van der Waals surface area contributed by atoms with E-state index in [1.165, 1.54) is 6.33 Å². The summed E-state index contributed by atoms with van der Waals surface area (Å²) in [6, 6.07) is 34.7. The van der Waals surface area contributed by atoms with Crippen molar-refractivity contribution >= 4 is 23.2 Å². The molecule has 4 N–H and O–H groups in total. The van der Waals surface area contributed by atoms with Gasteiger partial charge in [-0.15, -0.1) is 0 Å². The number of carbonyl (C=O) groups excluding carboxylic acids is 1. The van der Waals surface area contributed by atoms with Gasteiger partial charge in [0.2, 0.25) is 5.95 Å². The number of hydrogen-bond donors (Lipinski definition) is 3. The van der Waals surface area contributed by atoms with Gasteiger partial charge in [-0.3, -0.25) is 4.57 Å². The predicted molar refractivity (Wildman–Crippen MR) is 192 cm³/mol. The van der Waals surface area contributed by atoms with Gasteiger partial charge in [-0.05, 0) is 46.5 Å². The van der Waals surface area contributed by atoms with Gasteiger partial charge >= 0.3 is 6.09 Å². The Morgan fingerprint density at radius 1 is 0.885 bits per heavy atom. The standard InChI is InChI=1S/C39H38N6O7/c1-48-29-17-13-27(14-18-29)39(26-11-7-4-8-12-26,28-15-19-30(49-2)20-16-28)50-23-32-31(46)21-33(51-32)45-24-42-34-35(45)43-37(40)44-36(34)52-38(47)41-22-25-9-5-3-6-10-25/h3-20,24,31-33,46H,21-23H2,1-2H3,(H,41,47)(H2,40,43,44)/t31-,32+,33+/m0/s1. The summed E-state index contributed by atoms with van der Waals surface area (Å²) in [6.07, 6.45) is -1.34. The van der Waals surface area contributed by atoms with E-state index in [4.69, 9.17) is 29.4 Å². The summed E-state index contributed by atoms with van der Waals surface area (Å²) in [6.45, 7) is 0.280. The first-order chi connectivity index (χ1) is 25.4. The zero-order valence-electron chi connectivity index (χ0n) is 28.6. The number of fused-ring (bicyclic) bond motifs is 1. The number of hydrogen-bond acceptors (Lipinski definition) is 11. The third-order valence-corrected chi connectivity index (χ3v) is 9.03. The number of aliphatic hydroxyl groups is 1. The van der Waals surface area contributed by atoms with Crippen LogP contribution in [0.15, 0.2) is 116 Å². The van der Waals surface area contributed by atoms with Crippen LogP contribution in [0.5, 0.6) is 17.4 Å². The number of methoxy groups -OCH3 is 2. The van der Waals surface area contributed by atoms with Crippen molar-refractivity contribution in [2.24, 2.45) is 0 Å². The van der Waals surface area contributed by atoms with Crippen molar-refractivity contribution in [3.8, 4) is 17.4 Å². The van der Waals surface area contributed by atoms with Crippen LogP contribution in [-0.2, 0) is 21.6 Å². The molecule has 3 heterocycles. The third kappa shape index (κ3) is 6.97. The number of aliphatic hydroxyl groups excluding tert-OH is 1. The maximum absolute atomic E-state index is 12.7. The molecule has 2 aromatic heterocycles. The Kier molecular flexibility index (Phi) is 9.98. The molecule has 0 radical (unpaired) electrons. The molecule has 1 amide bonds. The van der Waals surface area contributed by atoms with Gasteiger partial charge in [-0.25, -0.2) is 9.78 Å². The molecule has 52 heavy (non-hydrogen) atoms. The lowest BCUT2D eigenvalue weighted by molar-refractivity contribution is -0.0931. The molecule has 7 rings (SSSR count). The molecule has 266 valence electrons. The zero-order chi connectivity index (χ0) is 36.1. The molecule has 6 aromatic rings. The fourth-order valence-corrected chi connectivity index (χ4v) is 6.40. The van der Waals surface area contributed by atoms with Crippen LogP contribution in [0.3, 0.4) is 0 Å². The number of ether oxygens (including phenoxy) is 5. The summed E-state index contributed by atoms with van der Waals surface area (Å²) in [4.78, 5) is 25.6. The number of aromatic nitrogens is 4. The van der Waals surface area contributed by atoms with E-state index in [1.807, 2.05) is 109 Å². The molecule has 3 atom stereocenters. The van der Waals surface area contributed by atoms with E-state index in [1.54, 1.807) is 18.8 Å². The summed E-state index contributed by atoms with van der Waals surface area (Å²) in [7, 11) is 3.24. The molecule has 0 aliphatic carbocycles. The van der Waals surface area contributed by atoms with E-state index in [0.29, 0.717) is 11.5 Å². The van der Waals surface area contributed by atoms with Crippen molar-refractivity contribution in [3.05, 3.63) is 138 Å². The Morgan fingerprint density at radius 2 is 1.48 bits per heavy atom. The Bertz CT molecular complexity index is 2060. The van der Waals surface area contributed by atoms with E-state index >= 15 is 0 Å². The monoisotopic (exact) mass is 702 g/mol. The van der Waals surface area contributed by atoms with E-state index in [-0.39, 0.29) is 42.6 Å². The highest BCUT2D eigenvalue weighted by atomic mass is 16.6. The first kappa shape index (κ1) is 34.4. The van der Waals surface area contributed by atoms with Gasteiger partial charge in [-0.1, -0.05) is 84.9 Å². The third-order valence-electron chi connectivity index (χ3n) is 9.03. The van der Waals surface area contributed by atoms with Crippen molar-refractivity contribution in [1.29, 1.82) is 0 Å². The lowest BCUT2D eigenvalue weighted by atomic mass is 9.80. The second-order valence-electron chi connectivity index (χ2n) is 12.2. The lowest BCUT2D eigenvalue weighted by Gasteiger charge is -2.37. The quantitative estimate of drug-likeness (QED) is 0.140. The number of nitrogens with two attached hydrogens (primary N) is 1. The highest BCUT2D eigenvalue weighted by Crippen LogP contribution is 2.43. The van der Waals surface area contributed by atoms with Gasteiger partial charge in [0.25, 0.3) is 5.88 Å². The molecular weight excluding hydrogens is 664 g/mol. The van der Waals surface area contributed by atoms with Crippen LogP contribution in [0.4, 0.5) is 10.7 Å². The minimum atomic E-state index is -1.10. The molecule has 1 saturated heterocycles. The minimum absolute atomic E-state index is 0.0182. The van der Waals surface area contributed by atoms with E-state index in [2.05, 4.69) is 20.3 Å². The van der Waals surface area contributed by atoms with Crippen LogP contribution in [0, 0.1) is 0 Å². The lowest BCUT2D eigenvalue weighted by Crippen LogP contribution is -2.38. The fraction of sp³-hybridized carbons (Fsp3) is 0.231. The number of benzene rings is 4. The van der Waals surface area contributed by atoms with E-state index in [9.17, 15) is 9.90 Å². The van der Waals surface area contributed by atoms with Gasteiger partial charge in [0, 0.05) is 13.0 Å². The summed E-state index contributed by atoms with van der Waals surface area (Å²) in [5, 5.41) is 14.0. The van der Waals surface area contributed by atoms with Gasteiger partial charge in [0.05, 0.1) is 33.3 Å². The summed E-state index contributed by atoms with van der Waals surface area (Å²) < 4.78 is 31.5. The molecule has 1 aliphatic rings. The average molecular weight is 703 g/mol. The smallest absolute Gasteiger partial charge is 0.414 e. The molecule has 0 saturated carbocycles. The van der Waals surface area contributed by atoms with Crippen LogP contribution in [0.2, 0.25) is 0 Å². The van der Waals surface area contributed by atoms with Crippen LogP contribution in [-0.4, -0.2) is 63.8 Å². The maximum atomic E-state index is 12.7. The molecule has 4 aromatic carbocycles. The van der Waals surface area contributed by atoms with Crippen LogP contribution < -0.4 is 25.3 Å². The second kappa shape index (κ2) is 15.1. The van der Waals surface area contributed by atoms with Gasteiger partial charge < -0.3 is 39.8 Å². The number of carbonyl (C=O) groups is 1. The number of rotatable bonds is 12. The molecule has 0 spiro atoms. The van der Waals surface area contributed by atoms with Gasteiger partial charge in [0.1, 0.15) is 29.4 Å². The number of nitrogen functional groups attached to an aromatic ring is 1. The minimum Gasteiger partial charge on any atom is -0.497 e. The summed E-state index contributed by atoms with van der Waals surface area (Å²) in [5.41, 5.74) is 8.92. The highest BCUT2D eigenvalue weighted by Gasteiger charge is 2.42. The average Bonchev–Trinajstić information content (AvgIpc) is 3.78. The highest BCUT2D eigenvalue weighted by molar-refractivity contribution is 5.81. The molecule has 13 heteroatoms. The largest absolute Gasteiger partial charge is 0.497 e. The number of anilines is 1. The second-order valence-corrected chi connectivity index (χ2v) is 12.2. The Balaban J connectivity index is 1.15. The number of nitrogens with one attached hydrogen (secondary N) is 1. The van der Waals surface area contributed by atoms with Gasteiger partial charge in [-0.2, -0.15) is 9.97 Å². The number of amides is 1. The summed E-state index contributed by atoms with van der Waals surface area (Å²) >= 11 is 0. The van der Waals surface area contributed by atoms with E-state index < -0.39 is 30.1 Å². The Hall–Kier alpha value is -6.02. The number of imidazole rings is 1. The van der Waals surface area contributed by atoms with Crippen LogP contribution in [0.25, 0.3) is 11.2 Å². The van der Waals surface area contributed by atoms with Crippen molar-refractivity contribution in [2.45, 2.75) is 37.0 Å². The van der Waals surface area contributed by atoms with Gasteiger partial charge in [0.15, 0.2) is 11.2 Å². The molecular formula is C39H38N6O7. The first-order valence-corrected chi connectivity index (χ1v) is 16.7. The predicted octanol–water partition coefficient (Wildman–Crippen LogP) is 5.37. The van der Waals surface area contributed by atoms with Crippen molar-refractivity contribution in [1.82, 2.24) is 24.8 Å². The molecule has 1 fully saturated rings. The number of nitrogens with zero attached hydrogens (tertiary/aromatic N) is 4. The topological polar surface area (TPSA) is 165 Å². The zero-order valence-corrected chi connectivity index (χ0v) is 28.6. The molecule has 0 bridgehead atoms.